The van der Waals surface area contributed by atoms with Crippen molar-refractivity contribution in [2.75, 3.05) is 25.3 Å². The van der Waals surface area contributed by atoms with Gasteiger partial charge in [0.25, 0.3) is 0 Å². The van der Waals surface area contributed by atoms with E-state index in [9.17, 15) is 4.79 Å². The van der Waals surface area contributed by atoms with Gasteiger partial charge in [0.2, 0.25) is 11.9 Å². The zero-order valence-corrected chi connectivity index (χ0v) is 16.5. The van der Waals surface area contributed by atoms with Crippen LogP contribution in [0.1, 0.15) is 11.4 Å². The second-order valence-corrected chi connectivity index (χ2v) is 5.97. The maximum Gasteiger partial charge on any atom is 0.331 e. The predicted molar refractivity (Wildman–Crippen MR) is 112 cm³/mol. The zero-order valence-electron chi connectivity index (χ0n) is 16.5. The Morgan fingerprint density at radius 1 is 1.07 bits per heavy atom. The van der Waals surface area contributed by atoms with E-state index in [1.807, 2.05) is 30.3 Å². The molecule has 1 heterocycles. The normalized spacial score (nSPS) is 10.6. The van der Waals surface area contributed by atoms with E-state index in [1.54, 1.807) is 38.5 Å². The van der Waals surface area contributed by atoms with Gasteiger partial charge in [-0.25, -0.2) is 4.79 Å². The molecule has 0 aliphatic rings. The molecule has 3 N–H and O–H groups in total. The van der Waals surface area contributed by atoms with Gasteiger partial charge < -0.3 is 25.3 Å². The fraction of sp³-hybridized carbons (Fsp3) is 0.143. The van der Waals surface area contributed by atoms with Gasteiger partial charge in [-0.05, 0) is 36.4 Å². The number of hydrogen-bond donors (Lipinski definition) is 2. The summed E-state index contributed by atoms with van der Waals surface area (Å²) in [6, 6.07) is 14.6. The molecule has 0 atom stereocenters. The van der Waals surface area contributed by atoms with Gasteiger partial charge in [-0.3, -0.25) is 0 Å². The molecule has 1 aromatic heterocycles. The van der Waals surface area contributed by atoms with E-state index in [0.29, 0.717) is 17.1 Å². The fourth-order valence-corrected chi connectivity index (χ4v) is 2.52. The number of carbonyl (C=O) groups excluding carboxylic acids is 1. The highest BCUT2D eigenvalue weighted by atomic mass is 16.5. The lowest BCUT2D eigenvalue weighted by molar-refractivity contribution is -0.139. The molecule has 3 aromatic rings. The van der Waals surface area contributed by atoms with Gasteiger partial charge in [0, 0.05) is 17.3 Å². The Morgan fingerprint density at radius 2 is 1.87 bits per heavy atom. The van der Waals surface area contributed by atoms with Gasteiger partial charge in [0.1, 0.15) is 11.5 Å². The first-order valence-electron chi connectivity index (χ1n) is 8.96. The lowest BCUT2D eigenvalue weighted by atomic mass is 10.1. The van der Waals surface area contributed by atoms with Crippen LogP contribution in [-0.2, 0) is 16.1 Å². The minimum atomic E-state index is -0.573. The number of ether oxygens (including phenoxy) is 3. The number of nitrogens with zero attached hydrogens (tertiary/aromatic N) is 3. The molecule has 9 heteroatoms. The standard InChI is InChI=1S/C21H21N5O4/c1-28-16-9-10-17(29-2)14(12-16)8-11-19(27)30-13-18-24-20(22)26-21(25-18)23-15-6-4-3-5-7-15/h3-12H,13H2,1-2H3,(H3,22,23,24,25,26)/b11-8+. The summed E-state index contributed by atoms with van der Waals surface area (Å²) < 4.78 is 15.7. The topological polar surface area (TPSA) is 121 Å². The van der Waals surface area contributed by atoms with E-state index < -0.39 is 5.97 Å². The van der Waals surface area contributed by atoms with Gasteiger partial charge in [-0.2, -0.15) is 15.0 Å². The molecule has 30 heavy (non-hydrogen) atoms. The average Bonchev–Trinajstić information content (AvgIpc) is 2.76. The number of carbonyl (C=O) groups is 1. The third kappa shape index (κ3) is 5.68. The number of rotatable bonds is 8. The lowest BCUT2D eigenvalue weighted by Gasteiger charge is -2.08. The summed E-state index contributed by atoms with van der Waals surface area (Å²) in [6.07, 6.45) is 2.86. The minimum absolute atomic E-state index is 0.0196. The molecule has 0 aliphatic heterocycles. The van der Waals surface area contributed by atoms with Crippen LogP contribution in [0.4, 0.5) is 17.6 Å². The third-order valence-electron chi connectivity index (χ3n) is 3.91. The molecule has 3 rings (SSSR count). The van der Waals surface area contributed by atoms with Crippen LogP contribution in [-0.4, -0.2) is 35.1 Å². The van der Waals surface area contributed by atoms with Crippen molar-refractivity contribution in [1.29, 1.82) is 0 Å². The molecule has 0 bridgehead atoms. The molecule has 154 valence electrons. The van der Waals surface area contributed by atoms with Crippen LogP contribution >= 0.6 is 0 Å². The SMILES string of the molecule is COc1ccc(OC)c(/C=C/C(=O)OCc2nc(N)nc(Nc3ccccc3)n2)c1. The van der Waals surface area contributed by atoms with Crippen molar-refractivity contribution in [3.8, 4) is 11.5 Å². The van der Waals surface area contributed by atoms with Crippen LogP contribution in [0, 0.1) is 0 Å². The molecule has 0 radical (unpaired) electrons. The Labute approximate surface area is 173 Å². The number of methoxy groups -OCH3 is 2. The van der Waals surface area contributed by atoms with Crippen molar-refractivity contribution in [2.45, 2.75) is 6.61 Å². The van der Waals surface area contributed by atoms with Gasteiger partial charge >= 0.3 is 5.97 Å². The van der Waals surface area contributed by atoms with E-state index in [2.05, 4.69) is 20.3 Å². The smallest absolute Gasteiger partial charge is 0.331 e. The van der Waals surface area contributed by atoms with Crippen molar-refractivity contribution < 1.29 is 19.0 Å². The first-order valence-corrected chi connectivity index (χ1v) is 8.96. The van der Waals surface area contributed by atoms with Crippen LogP contribution in [0.5, 0.6) is 11.5 Å². The number of esters is 1. The number of nitrogens with two attached hydrogens (primary N) is 1. The summed E-state index contributed by atoms with van der Waals surface area (Å²) in [6.45, 7) is -0.158. The Kier molecular flexibility index (Phi) is 6.78. The second kappa shape index (κ2) is 9.87. The molecule has 0 unspecified atom stereocenters. The Bertz CT molecular complexity index is 1040. The number of nitrogen functional groups attached to an aromatic ring is 1. The van der Waals surface area contributed by atoms with Crippen LogP contribution in [0.25, 0.3) is 6.08 Å². The van der Waals surface area contributed by atoms with Crippen molar-refractivity contribution in [3.63, 3.8) is 0 Å². The summed E-state index contributed by atoms with van der Waals surface area (Å²) in [5, 5.41) is 3.02. The zero-order chi connectivity index (χ0) is 21.3. The van der Waals surface area contributed by atoms with Crippen LogP contribution in [0.15, 0.2) is 54.6 Å². The van der Waals surface area contributed by atoms with Gasteiger partial charge in [-0.1, -0.05) is 18.2 Å². The summed E-state index contributed by atoms with van der Waals surface area (Å²) in [5.74, 6) is 1.17. The first kappa shape index (κ1) is 20.6. The summed E-state index contributed by atoms with van der Waals surface area (Å²) >= 11 is 0. The summed E-state index contributed by atoms with van der Waals surface area (Å²) in [5.41, 5.74) is 7.20. The Balaban J connectivity index is 1.64. The maximum absolute atomic E-state index is 12.1. The lowest BCUT2D eigenvalue weighted by Crippen LogP contribution is -2.10. The van der Waals surface area contributed by atoms with Crippen LogP contribution < -0.4 is 20.5 Å². The van der Waals surface area contributed by atoms with Crippen LogP contribution in [0.3, 0.4) is 0 Å². The Hall–Kier alpha value is -4.14. The molecule has 0 amide bonds. The van der Waals surface area contributed by atoms with E-state index in [-0.39, 0.29) is 24.3 Å². The second-order valence-electron chi connectivity index (χ2n) is 5.97. The molecule has 0 saturated heterocycles. The largest absolute Gasteiger partial charge is 0.497 e. The summed E-state index contributed by atoms with van der Waals surface area (Å²) in [7, 11) is 3.11. The highest BCUT2D eigenvalue weighted by molar-refractivity contribution is 5.87. The quantitative estimate of drug-likeness (QED) is 0.429. The molecule has 0 spiro atoms. The van der Waals surface area contributed by atoms with Gasteiger partial charge in [-0.15, -0.1) is 0 Å². The maximum atomic E-state index is 12.1. The number of benzene rings is 2. The number of anilines is 3. The number of aromatic nitrogens is 3. The Morgan fingerprint density at radius 3 is 2.60 bits per heavy atom. The molecular formula is C21H21N5O4. The summed E-state index contributed by atoms with van der Waals surface area (Å²) in [4.78, 5) is 24.3. The molecule has 0 fully saturated rings. The van der Waals surface area contributed by atoms with Gasteiger partial charge in [0.15, 0.2) is 12.4 Å². The first-order chi connectivity index (χ1) is 14.6. The molecule has 9 nitrogen and oxygen atoms in total. The number of nitrogens with one attached hydrogen (secondary N) is 1. The highest BCUT2D eigenvalue weighted by Crippen LogP contribution is 2.25. The van der Waals surface area contributed by atoms with Crippen LogP contribution in [0.2, 0.25) is 0 Å². The predicted octanol–water partition coefficient (Wildman–Crippen LogP) is 2.97. The molecule has 0 aliphatic carbocycles. The van der Waals surface area contributed by atoms with Gasteiger partial charge in [0.05, 0.1) is 14.2 Å². The monoisotopic (exact) mass is 407 g/mol. The number of para-hydroxylation sites is 1. The molecule has 2 aromatic carbocycles. The van der Waals surface area contributed by atoms with E-state index >= 15 is 0 Å². The van der Waals surface area contributed by atoms with E-state index in [1.165, 1.54) is 6.08 Å². The van der Waals surface area contributed by atoms with E-state index in [0.717, 1.165) is 5.69 Å². The fourth-order valence-electron chi connectivity index (χ4n) is 2.52. The minimum Gasteiger partial charge on any atom is -0.497 e. The molecular weight excluding hydrogens is 386 g/mol. The van der Waals surface area contributed by atoms with E-state index in [4.69, 9.17) is 19.9 Å². The van der Waals surface area contributed by atoms with Crippen molar-refractivity contribution in [1.82, 2.24) is 15.0 Å². The molecule has 0 saturated carbocycles. The van der Waals surface area contributed by atoms with Crippen molar-refractivity contribution in [3.05, 3.63) is 66.0 Å². The van der Waals surface area contributed by atoms with Crippen molar-refractivity contribution in [2.24, 2.45) is 0 Å². The highest BCUT2D eigenvalue weighted by Gasteiger charge is 2.08. The number of hydrogen-bond acceptors (Lipinski definition) is 9. The third-order valence-corrected chi connectivity index (χ3v) is 3.91. The van der Waals surface area contributed by atoms with Crippen molar-refractivity contribution >= 4 is 29.6 Å². The average molecular weight is 407 g/mol.